The third-order valence-corrected chi connectivity index (χ3v) is 5.70. The minimum absolute atomic E-state index is 0.0912. The van der Waals surface area contributed by atoms with Crippen molar-refractivity contribution in [2.45, 2.75) is 19.1 Å². The Balaban J connectivity index is 2.10. The molecule has 190 valence electrons. The summed E-state index contributed by atoms with van der Waals surface area (Å²) in [4.78, 5) is 31.7. The van der Waals surface area contributed by atoms with E-state index in [2.05, 4.69) is 14.7 Å². The van der Waals surface area contributed by atoms with Gasteiger partial charge in [0.15, 0.2) is 12.4 Å². The number of aromatic nitrogens is 3. The Bertz CT molecular complexity index is 1400. The fourth-order valence-corrected chi connectivity index (χ4v) is 4.29. The maximum Gasteiger partial charge on any atom is 0.422 e. The van der Waals surface area contributed by atoms with E-state index in [9.17, 15) is 31.2 Å². The molecule has 2 heterocycles. The van der Waals surface area contributed by atoms with Gasteiger partial charge in [-0.05, 0) is 37.3 Å². The third kappa shape index (κ3) is 6.32. The van der Waals surface area contributed by atoms with Gasteiger partial charge in [0.05, 0.1) is 47.8 Å². The zero-order valence-electron chi connectivity index (χ0n) is 18.9. The number of imidazole rings is 1. The maximum atomic E-state index is 12.9. The van der Waals surface area contributed by atoms with Crippen molar-refractivity contribution in [1.82, 2.24) is 14.5 Å². The minimum atomic E-state index is -4.69. The van der Waals surface area contributed by atoms with E-state index < -0.39 is 46.1 Å². The van der Waals surface area contributed by atoms with E-state index in [1.807, 2.05) is 0 Å². The molecule has 0 bridgehead atoms. The molecule has 0 amide bonds. The van der Waals surface area contributed by atoms with Crippen LogP contribution in [0.15, 0.2) is 35.1 Å². The number of rotatable bonds is 9. The number of methoxy groups -OCH3 is 1. The number of fused-ring (bicyclic) bond motifs is 1. The fourth-order valence-electron chi connectivity index (χ4n) is 3.40. The highest BCUT2D eigenvalue weighted by atomic mass is 32.2. The van der Waals surface area contributed by atoms with Gasteiger partial charge in [-0.2, -0.15) is 13.2 Å². The molecule has 1 aromatic carbocycles. The Morgan fingerprint density at radius 2 is 1.94 bits per heavy atom. The standard InChI is InChI=1S/C21H22F3N3O7S/c1-4-33-18-17(32-2)8-6-13(25-18)16(10-35(3,30)31)27-15-7-5-12(9-14(15)26-20(27)29)19(28)34-11-21(22,23)24/h5-9,16H,4,10-11H2,1-3H3,(H,26,29). The summed E-state index contributed by atoms with van der Waals surface area (Å²) in [6, 6.07) is 5.55. The number of nitrogens with one attached hydrogen (secondary N) is 1. The first-order valence-electron chi connectivity index (χ1n) is 10.2. The largest absolute Gasteiger partial charge is 0.491 e. The lowest BCUT2D eigenvalue weighted by Crippen LogP contribution is -2.29. The molecular formula is C21H22F3N3O7S. The van der Waals surface area contributed by atoms with Gasteiger partial charge in [0, 0.05) is 6.26 Å². The van der Waals surface area contributed by atoms with Gasteiger partial charge in [0.1, 0.15) is 9.84 Å². The number of carbonyl (C=O) groups excluding carboxylic acids is 1. The molecule has 0 fully saturated rings. The number of H-pyrrole nitrogens is 1. The molecule has 0 saturated heterocycles. The quantitative estimate of drug-likeness (QED) is 0.429. The Kier molecular flexibility index (Phi) is 7.43. The van der Waals surface area contributed by atoms with E-state index in [1.165, 1.54) is 31.4 Å². The second kappa shape index (κ2) is 9.98. The van der Waals surface area contributed by atoms with E-state index in [0.29, 0.717) is 5.75 Å². The molecule has 3 aromatic rings. The van der Waals surface area contributed by atoms with Gasteiger partial charge in [-0.1, -0.05) is 0 Å². The SMILES string of the molecule is CCOc1nc(C(CS(C)(=O)=O)n2c(=O)[nH]c3cc(C(=O)OCC(F)(F)F)ccc32)ccc1OC. The van der Waals surface area contributed by atoms with Crippen LogP contribution in [0.25, 0.3) is 11.0 Å². The van der Waals surface area contributed by atoms with Crippen molar-refractivity contribution in [1.29, 1.82) is 0 Å². The lowest BCUT2D eigenvalue weighted by Gasteiger charge is -2.19. The molecule has 0 radical (unpaired) electrons. The van der Waals surface area contributed by atoms with Crippen molar-refractivity contribution in [2.75, 3.05) is 32.3 Å². The fraction of sp³-hybridized carbons (Fsp3) is 0.381. The van der Waals surface area contributed by atoms with Gasteiger partial charge in [-0.15, -0.1) is 0 Å². The van der Waals surface area contributed by atoms with Crippen LogP contribution in [0.3, 0.4) is 0 Å². The summed E-state index contributed by atoms with van der Waals surface area (Å²) < 4.78 is 77.5. The Morgan fingerprint density at radius 1 is 1.23 bits per heavy atom. The number of hydrogen-bond donors (Lipinski definition) is 1. The molecule has 0 saturated carbocycles. The molecule has 35 heavy (non-hydrogen) atoms. The first-order valence-corrected chi connectivity index (χ1v) is 12.2. The average molecular weight is 517 g/mol. The number of nitrogens with zero attached hydrogens (tertiary/aromatic N) is 2. The molecule has 14 heteroatoms. The highest BCUT2D eigenvalue weighted by Gasteiger charge is 2.30. The van der Waals surface area contributed by atoms with Crippen LogP contribution in [0.2, 0.25) is 0 Å². The predicted molar refractivity (Wildman–Crippen MR) is 119 cm³/mol. The predicted octanol–water partition coefficient (Wildman–Crippen LogP) is 2.49. The normalized spacial score (nSPS) is 13.0. The second-order valence-electron chi connectivity index (χ2n) is 7.51. The number of halogens is 3. The van der Waals surface area contributed by atoms with Crippen molar-refractivity contribution in [2.24, 2.45) is 0 Å². The molecule has 0 aliphatic rings. The van der Waals surface area contributed by atoms with E-state index >= 15 is 0 Å². The summed E-state index contributed by atoms with van der Waals surface area (Å²) in [6.45, 7) is 0.218. The van der Waals surface area contributed by atoms with Crippen molar-refractivity contribution >= 4 is 26.8 Å². The average Bonchev–Trinajstić information content (AvgIpc) is 3.09. The first kappa shape index (κ1) is 26.1. The first-order chi connectivity index (χ1) is 16.3. The van der Waals surface area contributed by atoms with Crippen molar-refractivity contribution in [3.63, 3.8) is 0 Å². The zero-order chi connectivity index (χ0) is 26.0. The van der Waals surface area contributed by atoms with Crippen molar-refractivity contribution < 1.29 is 40.6 Å². The molecule has 2 aromatic heterocycles. The Hall–Kier alpha value is -3.55. The Labute approximate surface area is 197 Å². The van der Waals surface area contributed by atoms with Crippen LogP contribution in [0, 0.1) is 0 Å². The summed E-state index contributed by atoms with van der Waals surface area (Å²) in [7, 11) is -2.22. The summed E-state index contributed by atoms with van der Waals surface area (Å²) >= 11 is 0. The highest BCUT2D eigenvalue weighted by molar-refractivity contribution is 7.90. The number of pyridine rings is 1. The lowest BCUT2D eigenvalue weighted by atomic mass is 10.1. The number of carbonyl (C=O) groups is 1. The van der Waals surface area contributed by atoms with Crippen LogP contribution >= 0.6 is 0 Å². The number of hydrogen-bond acceptors (Lipinski definition) is 8. The van der Waals surface area contributed by atoms with E-state index in [4.69, 9.17) is 9.47 Å². The van der Waals surface area contributed by atoms with Crippen LogP contribution in [0.1, 0.15) is 29.0 Å². The molecule has 0 aliphatic carbocycles. The van der Waals surface area contributed by atoms with Crippen molar-refractivity contribution in [3.8, 4) is 11.6 Å². The third-order valence-electron chi connectivity index (χ3n) is 4.78. The molecule has 1 unspecified atom stereocenters. The van der Waals surface area contributed by atoms with Gasteiger partial charge >= 0.3 is 17.8 Å². The smallest absolute Gasteiger partial charge is 0.422 e. The zero-order valence-corrected chi connectivity index (χ0v) is 19.7. The van der Waals surface area contributed by atoms with Crippen LogP contribution in [-0.2, 0) is 14.6 Å². The molecule has 3 rings (SSSR count). The van der Waals surface area contributed by atoms with E-state index in [1.54, 1.807) is 6.92 Å². The molecule has 1 N–H and O–H groups in total. The molecule has 1 atom stereocenters. The number of alkyl halides is 3. The summed E-state index contributed by atoms with van der Waals surface area (Å²) in [5, 5.41) is 0. The van der Waals surface area contributed by atoms with Crippen LogP contribution in [0.5, 0.6) is 11.6 Å². The van der Waals surface area contributed by atoms with E-state index in [-0.39, 0.29) is 34.8 Å². The minimum Gasteiger partial charge on any atom is -0.491 e. The van der Waals surface area contributed by atoms with Crippen LogP contribution in [-0.4, -0.2) is 67.4 Å². The summed E-state index contributed by atoms with van der Waals surface area (Å²) in [6.07, 6.45) is -3.69. The van der Waals surface area contributed by atoms with Gasteiger partial charge < -0.3 is 19.2 Å². The number of ether oxygens (including phenoxy) is 3. The van der Waals surface area contributed by atoms with Gasteiger partial charge in [0.25, 0.3) is 5.88 Å². The second-order valence-corrected chi connectivity index (χ2v) is 9.69. The van der Waals surface area contributed by atoms with Gasteiger partial charge in [0.2, 0.25) is 0 Å². The Morgan fingerprint density at radius 3 is 2.54 bits per heavy atom. The van der Waals surface area contributed by atoms with Crippen LogP contribution in [0.4, 0.5) is 13.2 Å². The van der Waals surface area contributed by atoms with Crippen LogP contribution < -0.4 is 15.2 Å². The summed E-state index contributed by atoms with van der Waals surface area (Å²) in [5.74, 6) is -1.32. The number of benzene rings is 1. The topological polar surface area (TPSA) is 130 Å². The monoisotopic (exact) mass is 517 g/mol. The molecular weight excluding hydrogens is 495 g/mol. The van der Waals surface area contributed by atoms with E-state index in [0.717, 1.165) is 16.9 Å². The number of esters is 1. The number of sulfone groups is 1. The molecule has 0 aliphatic heterocycles. The van der Waals surface area contributed by atoms with Gasteiger partial charge in [-0.3, -0.25) is 4.57 Å². The number of aromatic amines is 1. The van der Waals surface area contributed by atoms with Crippen molar-refractivity contribution in [3.05, 3.63) is 52.1 Å². The van der Waals surface area contributed by atoms with Gasteiger partial charge in [-0.25, -0.2) is 23.0 Å². The lowest BCUT2D eigenvalue weighted by molar-refractivity contribution is -0.161. The maximum absolute atomic E-state index is 12.9. The molecule has 10 nitrogen and oxygen atoms in total. The molecule has 0 spiro atoms. The summed E-state index contributed by atoms with van der Waals surface area (Å²) in [5.41, 5.74) is -0.461. The highest BCUT2D eigenvalue weighted by Crippen LogP contribution is 2.30.